The molecule has 2 amide bonds. The highest BCUT2D eigenvalue weighted by molar-refractivity contribution is 8.00. The van der Waals surface area contributed by atoms with Crippen LogP contribution >= 0.6 is 23.4 Å². The number of thioether (sulfide) groups is 1. The Morgan fingerprint density at radius 1 is 1.18 bits per heavy atom. The van der Waals surface area contributed by atoms with Crippen molar-refractivity contribution in [3.63, 3.8) is 0 Å². The number of nitrogens with one attached hydrogen (secondary N) is 1. The van der Waals surface area contributed by atoms with Crippen LogP contribution in [-0.4, -0.2) is 41.6 Å². The Bertz CT molecular complexity index is 846. The largest absolute Gasteiger partial charge is 0.369 e. The Kier molecular flexibility index (Phi) is 7.36. The van der Waals surface area contributed by atoms with E-state index in [0.29, 0.717) is 18.3 Å². The Morgan fingerprint density at radius 3 is 2.71 bits per heavy atom. The first-order chi connectivity index (χ1) is 13.5. The van der Waals surface area contributed by atoms with Gasteiger partial charge in [0.15, 0.2) is 0 Å². The Labute approximate surface area is 174 Å². The van der Waals surface area contributed by atoms with E-state index in [1.54, 1.807) is 0 Å². The molecule has 3 rings (SSSR count). The Balaban J connectivity index is 1.60. The number of nitrogens with zero attached hydrogens (tertiary/aromatic N) is 1. The average Bonchev–Trinajstić information content (AvgIpc) is 3.09. The fraction of sp³-hybridized carbons (Fsp3) is 0.333. The van der Waals surface area contributed by atoms with Crippen molar-refractivity contribution in [1.82, 2.24) is 4.90 Å². The minimum Gasteiger partial charge on any atom is -0.369 e. The lowest BCUT2D eigenvalue weighted by Gasteiger charge is -2.24. The minimum absolute atomic E-state index is 0.0572. The molecule has 1 saturated heterocycles. The van der Waals surface area contributed by atoms with Gasteiger partial charge >= 0.3 is 0 Å². The van der Waals surface area contributed by atoms with Gasteiger partial charge in [-0.2, -0.15) is 0 Å². The van der Waals surface area contributed by atoms with Crippen molar-refractivity contribution in [3.8, 4) is 0 Å². The number of rotatable bonds is 8. The van der Waals surface area contributed by atoms with Gasteiger partial charge in [-0.15, -0.1) is 11.8 Å². The number of benzene rings is 2. The van der Waals surface area contributed by atoms with Crippen LogP contribution in [0.5, 0.6) is 0 Å². The van der Waals surface area contributed by atoms with Crippen molar-refractivity contribution in [3.05, 3.63) is 59.1 Å². The third kappa shape index (κ3) is 5.74. The second-order valence-corrected chi connectivity index (χ2v) is 8.29. The smallest absolute Gasteiger partial charge is 0.238 e. The number of anilines is 1. The van der Waals surface area contributed by atoms with Crippen molar-refractivity contribution < 1.29 is 9.59 Å². The zero-order chi connectivity index (χ0) is 19.9. The van der Waals surface area contributed by atoms with Crippen molar-refractivity contribution in [2.24, 2.45) is 5.73 Å². The van der Waals surface area contributed by atoms with Crippen molar-refractivity contribution in [2.75, 3.05) is 24.2 Å². The van der Waals surface area contributed by atoms with E-state index in [9.17, 15) is 9.59 Å². The summed E-state index contributed by atoms with van der Waals surface area (Å²) >= 11 is 7.63. The first-order valence-corrected chi connectivity index (χ1v) is 10.7. The number of primary amides is 1. The number of hydrogen-bond donors (Lipinski definition) is 2. The molecule has 2 aromatic rings. The molecule has 0 spiro atoms. The molecule has 1 atom stereocenters. The molecule has 148 valence electrons. The fourth-order valence-corrected chi connectivity index (χ4v) is 4.43. The quantitative estimate of drug-likeness (QED) is 0.644. The summed E-state index contributed by atoms with van der Waals surface area (Å²) in [6.45, 7) is 1.24. The number of carbonyl (C=O) groups is 2. The minimum atomic E-state index is -0.384. The van der Waals surface area contributed by atoms with Crippen molar-refractivity contribution in [1.29, 1.82) is 0 Å². The number of nitrogens with two attached hydrogens (primary N) is 1. The maximum atomic E-state index is 12.6. The van der Waals surface area contributed by atoms with E-state index in [2.05, 4.69) is 10.2 Å². The zero-order valence-electron chi connectivity index (χ0n) is 15.6. The summed E-state index contributed by atoms with van der Waals surface area (Å²) in [5, 5.41) is 3.75. The number of halogens is 1. The van der Waals surface area contributed by atoms with Crippen LogP contribution in [0.3, 0.4) is 0 Å². The summed E-state index contributed by atoms with van der Waals surface area (Å²) in [6.07, 6.45) is 2.98. The summed E-state index contributed by atoms with van der Waals surface area (Å²) in [5.41, 5.74) is 7.06. The standard InChI is InChI=1S/C21H24ClN3O2S/c22-17-8-2-1-6-15(17)12-16-7-5-11-25(16)13-21(27)24-18-9-3-4-10-19(18)28-14-20(23)26/h1-4,6,8-10,16H,5,7,11-14H2,(H2,23,26)(H,24,27). The molecule has 7 heteroatoms. The van der Waals surface area contributed by atoms with Gasteiger partial charge in [0, 0.05) is 16.0 Å². The van der Waals surface area contributed by atoms with Crippen LogP contribution in [0.4, 0.5) is 5.69 Å². The van der Waals surface area contributed by atoms with Crippen LogP contribution in [0.2, 0.25) is 5.02 Å². The molecule has 0 saturated carbocycles. The molecule has 0 bridgehead atoms. The highest BCUT2D eigenvalue weighted by atomic mass is 35.5. The van der Waals surface area contributed by atoms with Gasteiger partial charge in [0.2, 0.25) is 11.8 Å². The predicted molar refractivity (Wildman–Crippen MR) is 115 cm³/mol. The van der Waals surface area contributed by atoms with Crippen LogP contribution in [0.25, 0.3) is 0 Å². The summed E-state index contributed by atoms with van der Waals surface area (Å²) in [6, 6.07) is 15.6. The van der Waals surface area contributed by atoms with Crippen LogP contribution in [-0.2, 0) is 16.0 Å². The molecule has 1 aliphatic heterocycles. The monoisotopic (exact) mass is 417 g/mol. The third-order valence-electron chi connectivity index (χ3n) is 4.79. The molecule has 0 radical (unpaired) electrons. The lowest BCUT2D eigenvalue weighted by atomic mass is 10.0. The molecular weight excluding hydrogens is 394 g/mol. The average molecular weight is 418 g/mol. The second-order valence-electron chi connectivity index (χ2n) is 6.86. The SMILES string of the molecule is NC(=O)CSc1ccccc1NC(=O)CN1CCCC1Cc1ccccc1Cl. The lowest BCUT2D eigenvalue weighted by molar-refractivity contribution is -0.117. The van der Waals surface area contributed by atoms with Gasteiger partial charge in [-0.1, -0.05) is 41.9 Å². The van der Waals surface area contributed by atoms with E-state index in [1.165, 1.54) is 11.8 Å². The third-order valence-corrected chi connectivity index (χ3v) is 6.25. The highest BCUT2D eigenvalue weighted by Gasteiger charge is 2.27. The van der Waals surface area contributed by atoms with Crippen molar-refractivity contribution in [2.45, 2.75) is 30.2 Å². The maximum Gasteiger partial charge on any atom is 0.238 e. The predicted octanol–water partition coefficient (Wildman–Crippen LogP) is 3.56. The Hall–Kier alpha value is -2.02. The van der Waals surface area contributed by atoms with Crippen LogP contribution in [0.1, 0.15) is 18.4 Å². The molecule has 0 aromatic heterocycles. The first-order valence-electron chi connectivity index (χ1n) is 9.30. The molecule has 5 nitrogen and oxygen atoms in total. The van der Waals surface area contributed by atoms with Crippen molar-refractivity contribution >= 4 is 40.9 Å². The summed E-state index contributed by atoms with van der Waals surface area (Å²) in [5.74, 6) is -0.261. The topological polar surface area (TPSA) is 75.4 Å². The fourth-order valence-electron chi connectivity index (χ4n) is 3.47. The molecule has 1 fully saturated rings. The van der Waals surface area contributed by atoms with E-state index in [-0.39, 0.29) is 17.6 Å². The van der Waals surface area contributed by atoms with Crippen LogP contribution in [0, 0.1) is 0 Å². The van der Waals surface area contributed by atoms with Gasteiger partial charge < -0.3 is 11.1 Å². The van der Waals surface area contributed by atoms with E-state index in [4.69, 9.17) is 17.3 Å². The number of amides is 2. The summed E-state index contributed by atoms with van der Waals surface area (Å²) in [4.78, 5) is 26.7. The summed E-state index contributed by atoms with van der Waals surface area (Å²) in [7, 11) is 0. The van der Waals surface area contributed by atoms with E-state index >= 15 is 0 Å². The summed E-state index contributed by atoms with van der Waals surface area (Å²) < 4.78 is 0. The number of likely N-dealkylation sites (tertiary alicyclic amines) is 1. The molecular formula is C21H24ClN3O2S. The van der Waals surface area contributed by atoms with Gasteiger partial charge in [0.25, 0.3) is 0 Å². The van der Waals surface area contributed by atoms with Gasteiger partial charge in [0.05, 0.1) is 18.0 Å². The number of carbonyl (C=O) groups excluding carboxylic acids is 2. The molecule has 1 unspecified atom stereocenters. The lowest BCUT2D eigenvalue weighted by Crippen LogP contribution is -2.38. The molecule has 2 aromatic carbocycles. The van der Waals surface area contributed by atoms with E-state index < -0.39 is 0 Å². The van der Waals surface area contributed by atoms with Crippen LogP contribution in [0.15, 0.2) is 53.4 Å². The Morgan fingerprint density at radius 2 is 1.93 bits per heavy atom. The number of para-hydroxylation sites is 1. The van der Waals surface area contributed by atoms with E-state index in [0.717, 1.165) is 41.3 Å². The first kappa shape index (κ1) is 20.7. The van der Waals surface area contributed by atoms with Gasteiger partial charge in [-0.25, -0.2) is 0 Å². The molecule has 28 heavy (non-hydrogen) atoms. The second kappa shape index (κ2) is 9.96. The van der Waals surface area contributed by atoms with Gasteiger partial charge in [0.1, 0.15) is 0 Å². The number of hydrogen-bond acceptors (Lipinski definition) is 4. The zero-order valence-corrected chi connectivity index (χ0v) is 17.1. The molecule has 3 N–H and O–H groups in total. The van der Waals surface area contributed by atoms with Crippen LogP contribution < -0.4 is 11.1 Å². The molecule has 1 aliphatic rings. The molecule has 0 aliphatic carbocycles. The van der Waals surface area contributed by atoms with Gasteiger partial charge in [-0.3, -0.25) is 14.5 Å². The highest BCUT2D eigenvalue weighted by Crippen LogP contribution is 2.28. The molecule has 1 heterocycles. The normalized spacial score (nSPS) is 16.8. The van der Waals surface area contributed by atoms with E-state index in [1.807, 2.05) is 48.5 Å². The van der Waals surface area contributed by atoms with Gasteiger partial charge in [-0.05, 0) is 49.6 Å². The maximum absolute atomic E-state index is 12.6.